The number of nitrogens with zero attached hydrogens (tertiary/aromatic N) is 4. The van der Waals surface area contributed by atoms with Crippen molar-refractivity contribution in [1.82, 2.24) is 9.55 Å². The second kappa shape index (κ2) is 10.2. The van der Waals surface area contributed by atoms with Crippen LogP contribution in [0, 0.1) is 0 Å². The Morgan fingerprint density at radius 3 is 2.46 bits per heavy atom. The number of hydrogen-bond donors (Lipinski definition) is 0. The van der Waals surface area contributed by atoms with Crippen molar-refractivity contribution in [2.45, 2.75) is 0 Å². The molecule has 0 aliphatic carbocycles. The van der Waals surface area contributed by atoms with Crippen LogP contribution in [0.15, 0.2) is 60.1 Å². The van der Waals surface area contributed by atoms with E-state index in [2.05, 4.69) is 14.9 Å². The molecule has 0 bridgehead atoms. The van der Waals surface area contributed by atoms with Crippen molar-refractivity contribution in [1.29, 1.82) is 0 Å². The van der Waals surface area contributed by atoms with E-state index in [0.717, 1.165) is 22.6 Å². The van der Waals surface area contributed by atoms with Gasteiger partial charge < -0.3 is 9.47 Å². The van der Waals surface area contributed by atoms with Crippen molar-refractivity contribution in [3.63, 3.8) is 0 Å². The number of aliphatic imine (C=N–C) groups is 1. The third-order valence-corrected chi connectivity index (χ3v) is 5.02. The lowest BCUT2D eigenvalue weighted by Crippen LogP contribution is -2.27. The van der Waals surface area contributed by atoms with Crippen LogP contribution in [0.25, 0.3) is 5.69 Å². The lowest BCUT2D eigenvalue weighted by Gasteiger charge is -2.23. The first-order chi connectivity index (χ1) is 13.6. The van der Waals surface area contributed by atoms with E-state index in [1.807, 2.05) is 41.1 Å². The molecule has 0 N–H and O–H groups in total. The van der Waals surface area contributed by atoms with E-state index in [-0.39, 0.29) is 0 Å². The van der Waals surface area contributed by atoms with Crippen LogP contribution in [0.5, 0.6) is 0 Å². The first kappa shape index (κ1) is 21.0. The summed E-state index contributed by atoms with van der Waals surface area (Å²) in [4.78, 5) is 10.8. The molecule has 3 aromatic rings. The van der Waals surface area contributed by atoms with Gasteiger partial charge in [-0.25, -0.2) is 4.98 Å². The fourth-order valence-corrected chi connectivity index (χ4v) is 3.55. The largest absolute Gasteiger partial charge is 0.369 e. The van der Waals surface area contributed by atoms with Gasteiger partial charge in [-0.05, 0) is 36.4 Å². The van der Waals surface area contributed by atoms with E-state index in [4.69, 9.17) is 46.4 Å². The molecule has 0 saturated carbocycles. The summed E-state index contributed by atoms with van der Waals surface area (Å²) in [6.45, 7) is 1.41. The number of rotatable bonds is 8. The van der Waals surface area contributed by atoms with Crippen molar-refractivity contribution >= 4 is 64.0 Å². The van der Waals surface area contributed by atoms with Crippen LogP contribution in [0.3, 0.4) is 0 Å². The smallest absolute Gasteiger partial charge is 0.0992 e. The van der Waals surface area contributed by atoms with E-state index in [1.54, 1.807) is 24.8 Å². The van der Waals surface area contributed by atoms with Gasteiger partial charge in [0, 0.05) is 59.7 Å². The second-order valence-electron chi connectivity index (χ2n) is 5.93. The monoisotopic (exact) mass is 454 g/mol. The van der Waals surface area contributed by atoms with Crippen LogP contribution in [0.4, 0.5) is 11.4 Å². The van der Waals surface area contributed by atoms with Gasteiger partial charge in [0.05, 0.1) is 22.7 Å². The molecule has 0 spiro atoms. The van der Waals surface area contributed by atoms with Crippen molar-refractivity contribution in [3.8, 4) is 5.69 Å². The molecule has 4 nitrogen and oxygen atoms in total. The number of alkyl halides is 2. The van der Waals surface area contributed by atoms with Gasteiger partial charge in [-0.3, -0.25) is 4.99 Å². The average molecular weight is 456 g/mol. The normalized spacial score (nSPS) is 11.3. The highest BCUT2D eigenvalue weighted by molar-refractivity contribution is 6.33. The summed E-state index contributed by atoms with van der Waals surface area (Å²) in [6, 6.07) is 11.3. The van der Waals surface area contributed by atoms with Gasteiger partial charge in [0.2, 0.25) is 0 Å². The van der Waals surface area contributed by atoms with E-state index >= 15 is 0 Å². The molecule has 3 rings (SSSR count). The molecule has 1 aromatic heterocycles. The van der Waals surface area contributed by atoms with Crippen LogP contribution < -0.4 is 4.90 Å². The Morgan fingerprint density at radius 2 is 1.82 bits per heavy atom. The summed E-state index contributed by atoms with van der Waals surface area (Å²) in [7, 11) is 0. The number of benzene rings is 2. The molecular formula is C20H18Cl4N4. The van der Waals surface area contributed by atoms with Gasteiger partial charge in [0.1, 0.15) is 0 Å². The molecule has 28 heavy (non-hydrogen) atoms. The predicted octanol–water partition coefficient (Wildman–Crippen LogP) is 6.21. The highest BCUT2D eigenvalue weighted by atomic mass is 35.5. The molecule has 0 atom stereocenters. The minimum absolute atomic E-state index is 0.517. The molecule has 2 aromatic carbocycles. The summed E-state index contributed by atoms with van der Waals surface area (Å²) < 4.78 is 1.88. The number of hydrogen-bond acceptors (Lipinski definition) is 3. The average Bonchev–Trinajstić information content (AvgIpc) is 3.21. The van der Waals surface area contributed by atoms with Crippen molar-refractivity contribution < 1.29 is 0 Å². The number of anilines is 1. The molecule has 0 aliphatic rings. The standard InChI is InChI=1S/C20H18Cl4N4/c21-5-8-27(9-6-22)17-3-1-15(18(24)12-17)13-26-19-11-16(23)2-4-20(19)28-10-7-25-14-28/h1-4,7,10-14H,5-6,8-9H2. The van der Waals surface area contributed by atoms with Crippen molar-refractivity contribution in [3.05, 3.63) is 70.7 Å². The predicted molar refractivity (Wildman–Crippen MR) is 121 cm³/mol. The highest BCUT2D eigenvalue weighted by Gasteiger charge is 2.09. The van der Waals surface area contributed by atoms with Crippen LogP contribution in [0.1, 0.15) is 5.56 Å². The highest BCUT2D eigenvalue weighted by Crippen LogP contribution is 2.28. The Labute approximate surface area is 184 Å². The van der Waals surface area contributed by atoms with Crippen LogP contribution in [-0.4, -0.2) is 40.6 Å². The Hall–Kier alpha value is -1.72. The Balaban J connectivity index is 1.88. The molecule has 1 heterocycles. The van der Waals surface area contributed by atoms with E-state index < -0.39 is 0 Å². The third kappa shape index (κ3) is 5.21. The molecule has 146 valence electrons. The molecule has 0 radical (unpaired) electrons. The van der Waals surface area contributed by atoms with Gasteiger partial charge in [-0.1, -0.05) is 23.2 Å². The lowest BCUT2D eigenvalue weighted by atomic mass is 10.2. The lowest BCUT2D eigenvalue weighted by molar-refractivity contribution is 0.874. The molecule has 0 unspecified atom stereocenters. The van der Waals surface area contributed by atoms with Crippen molar-refractivity contribution in [2.24, 2.45) is 4.99 Å². The maximum atomic E-state index is 6.49. The topological polar surface area (TPSA) is 33.4 Å². The molecule has 0 fully saturated rings. The first-order valence-electron chi connectivity index (χ1n) is 8.60. The maximum Gasteiger partial charge on any atom is 0.0992 e. The quantitative estimate of drug-likeness (QED) is 0.298. The fraction of sp³-hybridized carbons (Fsp3) is 0.200. The van der Waals surface area contributed by atoms with Gasteiger partial charge in [0.15, 0.2) is 0 Å². The first-order valence-corrected chi connectivity index (χ1v) is 10.4. The SMILES string of the molecule is ClCCN(CCCl)c1ccc(C=Nc2cc(Cl)ccc2-n2ccnc2)c(Cl)c1. The van der Waals surface area contributed by atoms with E-state index in [1.165, 1.54) is 0 Å². The number of imidazole rings is 1. The minimum Gasteiger partial charge on any atom is -0.369 e. The van der Waals surface area contributed by atoms with Gasteiger partial charge in [0.25, 0.3) is 0 Å². The molecule has 8 heteroatoms. The molecule has 0 aliphatic heterocycles. The third-order valence-electron chi connectivity index (χ3n) is 4.12. The van der Waals surface area contributed by atoms with Gasteiger partial charge >= 0.3 is 0 Å². The minimum atomic E-state index is 0.517. The Kier molecular flexibility index (Phi) is 7.63. The Bertz CT molecular complexity index is 935. The summed E-state index contributed by atoms with van der Waals surface area (Å²) in [6.07, 6.45) is 7.01. The fourth-order valence-electron chi connectivity index (χ4n) is 2.75. The molecule has 0 saturated heterocycles. The summed E-state index contributed by atoms with van der Waals surface area (Å²) >= 11 is 24.4. The summed E-state index contributed by atoms with van der Waals surface area (Å²) in [5.41, 5.74) is 3.38. The molecule has 0 amide bonds. The van der Waals surface area contributed by atoms with E-state index in [0.29, 0.717) is 34.9 Å². The number of aromatic nitrogens is 2. The van der Waals surface area contributed by atoms with Crippen LogP contribution >= 0.6 is 46.4 Å². The van der Waals surface area contributed by atoms with Gasteiger partial charge in [-0.2, -0.15) is 0 Å². The number of halogens is 4. The zero-order valence-electron chi connectivity index (χ0n) is 14.9. The Morgan fingerprint density at radius 1 is 1.04 bits per heavy atom. The van der Waals surface area contributed by atoms with Gasteiger partial charge in [-0.15, -0.1) is 23.2 Å². The second-order valence-corrected chi connectivity index (χ2v) is 7.53. The zero-order chi connectivity index (χ0) is 19.9. The van der Waals surface area contributed by atoms with Crippen LogP contribution in [0.2, 0.25) is 10.0 Å². The summed E-state index contributed by atoms with van der Waals surface area (Å²) in [5, 5.41) is 1.21. The van der Waals surface area contributed by atoms with Crippen LogP contribution in [-0.2, 0) is 0 Å². The van der Waals surface area contributed by atoms with E-state index in [9.17, 15) is 0 Å². The zero-order valence-corrected chi connectivity index (χ0v) is 17.9. The maximum absolute atomic E-state index is 6.49. The van der Waals surface area contributed by atoms with Crippen molar-refractivity contribution in [2.75, 3.05) is 29.7 Å². The summed E-state index contributed by atoms with van der Waals surface area (Å²) in [5.74, 6) is 1.03. The molecular weight excluding hydrogens is 438 g/mol.